The lowest BCUT2D eigenvalue weighted by molar-refractivity contribution is -0.137. The van der Waals surface area contributed by atoms with Crippen LogP contribution in [-0.2, 0) is 20.9 Å². The minimum absolute atomic E-state index is 0.0219. The minimum atomic E-state index is -4.53. The third-order valence-electron chi connectivity index (χ3n) is 4.52. The van der Waals surface area contributed by atoms with Gasteiger partial charge in [0, 0.05) is 18.7 Å². The molecular formula is C19H18ClF3N2O4S. The SMILES string of the molecule is O=C(CNc1cc(C(F)(F)F)ccc1Cl)c1ccc(S(=O)(=O)N2CCOCC2)cc1. The Morgan fingerprint density at radius 2 is 1.73 bits per heavy atom. The van der Waals surface area contributed by atoms with Gasteiger partial charge in [-0.25, -0.2) is 8.42 Å². The molecule has 1 aliphatic heterocycles. The average molecular weight is 463 g/mol. The number of anilines is 1. The van der Waals surface area contributed by atoms with E-state index < -0.39 is 27.5 Å². The number of ether oxygens (including phenoxy) is 1. The standard InChI is InChI=1S/C19H18ClF3N2O4S/c20-16-6-3-14(19(21,22)23)11-17(16)24-12-18(26)13-1-4-15(5-2-13)30(27,28)25-7-9-29-10-8-25/h1-6,11,24H,7-10,12H2. The van der Waals surface area contributed by atoms with Gasteiger partial charge in [0.2, 0.25) is 10.0 Å². The molecule has 0 aliphatic carbocycles. The molecule has 2 aromatic rings. The first-order chi connectivity index (χ1) is 14.1. The van der Waals surface area contributed by atoms with Crippen molar-refractivity contribution in [2.24, 2.45) is 0 Å². The molecule has 6 nitrogen and oxygen atoms in total. The second-order valence-electron chi connectivity index (χ2n) is 6.51. The molecule has 1 N–H and O–H groups in total. The van der Waals surface area contributed by atoms with Gasteiger partial charge in [-0.1, -0.05) is 11.6 Å². The zero-order chi connectivity index (χ0) is 21.9. The lowest BCUT2D eigenvalue weighted by Crippen LogP contribution is -2.40. The second-order valence-corrected chi connectivity index (χ2v) is 8.86. The lowest BCUT2D eigenvalue weighted by Gasteiger charge is -2.26. The number of alkyl halides is 3. The molecule has 1 heterocycles. The average Bonchev–Trinajstić information content (AvgIpc) is 2.73. The number of carbonyl (C=O) groups excluding carboxylic acids is 1. The number of hydrogen-bond donors (Lipinski definition) is 1. The molecule has 0 aromatic heterocycles. The molecule has 0 bridgehead atoms. The van der Waals surface area contributed by atoms with Crippen molar-refractivity contribution in [1.82, 2.24) is 4.31 Å². The maximum Gasteiger partial charge on any atom is 0.416 e. The molecule has 0 amide bonds. The van der Waals surface area contributed by atoms with Gasteiger partial charge in [-0.2, -0.15) is 17.5 Å². The predicted molar refractivity (Wildman–Crippen MR) is 105 cm³/mol. The number of nitrogens with zero attached hydrogens (tertiary/aromatic N) is 1. The van der Waals surface area contributed by atoms with E-state index in [9.17, 15) is 26.4 Å². The predicted octanol–water partition coefficient (Wildman–Crippen LogP) is 3.67. The Labute approximate surface area is 176 Å². The van der Waals surface area contributed by atoms with E-state index in [1.807, 2.05) is 0 Å². The van der Waals surface area contributed by atoms with E-state index in [1.54, 1.807) is 0 Å². The van der Waals surface area contributed by atoms with Crippen molar-refractivity contribution in [3.8, 4) is 0 Å². The first-order valence-electron chi connectivity index (χ1n) is 8.91. The van der Waals surface area contributed by atoms with Crippen molar-refractivity contribution in [2.45, 2.75) is 11.1 Å². The summed E-state index contributed by atoms with van der Waals surface area (Å²) in [6.07, 6.45) is -4.53. The number of benzene rings is 2. The Kier molecular flexibility index (Phi) is 6.71. The van der Waals surface area contributed by atoms with Crippen molar-refractivity contribution in [1.29, 1.82) is 0 Å². The summed E-state index contributed by atoms with van der Waals surface area (Å²) in [6.45, 7) is 0.838. The normalized spacial score (nSPS) is 15.7. The largest absolute Gasteiger partial charge is 0.416 e. The fourth-order valence-corrected chi connectivity index (χ4v) is 4.46. The number of sulfonamides is 1. The van der Waals surface area contributed by atoms with Gasteiger partial charge >= 0.3 is 6.18 Å². The van der Waals surface area contributed by atoms with Crippen LogP contribution < -0.4 is 5.32 Å². The van der Waals surface area contributed by atoms with Gasteiger partial charge in [0.15, 0.2) is 5.78 Å². The summed E-state index contributed by atoms with van der Waals surface area (Å²) in [5.74, 6) is -0.432. The summed E-state index contributed by atoms with van der Waals surface area (Å²) < 4.78 is 70.2. The van der Waals surface area contributed by atoms with E-state index in [-0.39, 0.29) is 40.8 Å². The van der Waals surface area contributed by atoms with Crippen LogP contribution in [0.1, 0.15) is 15.9 Å². The number of Topliss-reactive ketones (excluding diaryl/α,β-unsaturated/α-hetero) is 1. The van der Waals surface area contributed by atoms with Gasteiger partial charge in [0.25, 0.3) is 0 Å². The molecule has 1 fully saturated rings. The van der Waals surface area contributed by atoms with E-state index in [0.717, 1.165) is 18.2 Å². The van der Waals surface area contributed by atoms with Crippen LogP contribution in [0.2, 0.25) is 5.02 Å². The number of carbonyl (C=O) groups is 1. The molecule has 1 aliphatic rings. The number of halogens is 4. The highest BCUT2D eigenvalue weighted by Gasteiger charge is 2.31. The molecule has 162 valence electrons. The topological polar surface area (TPSA) is 75.7 Å². The van der Waals surface area contributed by atoms with Gasteiger partial charge in [0.1, 0.15) is 0 Å². The molecule has 1 saturated heterocycles. The van der Waals surface area contributed by atoms with Gasteiger partial charge in [0.05, 0.1) is 40.9 Å². The summed E-state index contributed by atoms with van der Waals surface area (Å²) in [7, 11) is -3.68. The number of hydrogen-bond acceptors (Lipinski definition) is 5. The smallest absolute Gasteiger partial charge is 0.379 e. The maximum absolute atomic E-state index is 12.8. The molecule has 0 atom stereocenters. The van der Waals surface area contributed by atoms with E-state index >= 15 is 0 Å². The Morgan fingerprint density at radius 3 is 2.33 bits per heavy atom. The molecule has 3 rings (SSSR count). The fraction of sp³-hybridized carbons (Fsp3) is 0.316. The number of ketones is 1. The lowest BCUT2D eigenvalue weighted by atomic mass is 10.1. The van der Waals surface area contributed by atoms with Crippen molar-refractivity contribution >= 4 is 33.1 Å². The van der Waals surface area contributed by atoms with Crippen LogP contribution in [0.15, 0.2) is 47.4 Å². The van der Waals surface area contributed by atoms with Crippen LogP contribution in [0.5, 0.6) is 0 Å². The quantitative estimate of drug-likeness (QED) is 0.663. The first kappa shape index (κ1) is 22.5. The Morgan fingerprint density at radius 1 is 1.10 bits per heavy atom. The zero-order valence-corrected chi connectivity index (χ0v) is 17.1. The highest BCUT2D eigenvalue weighted by Crippen LogP contribution is 2.33. The van der Waals surface area contributed by atoms with E-state index in [2.05, 4.69) is 5.32 Å². The van der Waals surface area contributed by atoms with Gasteiger partial charge in [-0.05, 0) is 42.5 Å². The fourth-order valence-electron chi connectivity index (χ4n) is 2.86. The van der Waals surface area contributed by atoms with Crippen molar-refractivity contribution in [2.75, 3.05) is 38.2 Å². The summed E-state index contributed by atoms with van der Waals surface area (Å²) in [5, 5.41) is 2.64. The number of rotatable bonds is 6. The van der Waals surface area contributed by atoms with Crippen LogP contribution in [-0.4, -0.2) is 51.4 Å². The van der Waals surface area contributed by atoms with E-state index in [4.69, 9.17) is 16.3 Å². The second kappa shape index (κ2) is 8.93. The third-order valence-corrected chi connectivity index (χ3v) is 6.76. The van der Waals surface area contributed by atoms with Crippen LogP contribution >= 0.6 is 11.6 Å². The molecule has 2 aromatic carbocycles. The Balaban J connectivity index is 1.68. The molecule has 0 saturated carbocycles. The number of nitrogens with one attached hydrogen (secondary N) is 1. The van der Waals surface area contributed by atoms with E-state index in [1.165, 1.54) is 28.6 Å². The molecule has 30 heavy (non-hydrogen) atoms. The van der Waals surface area contributed by atoms with Crippen molar-refractivity contribution < 1.29 is 31.1 Å². The molecule has 11 heteroatoms. The molecule has 0 radical (unpaired) electrons. The summed E-state index contributed by atoms with van der Waals surface area (Å²) in [6, 6.07) is 8.17. The summed E-state index contributed by atoms with van der Waals surface area (Å²) in [5.41, 5.74) is -0.697. The van der Waals surface area contributed by atoms with Crippen molar-refractivity contribution in [3.05, 3.63) is 58.6 Å². The van der Waals surface area contributed by atoms with Gasteiger partial charge in [-0.15, -0.1) is 0 Å². The van der Waals surface area contributed by atoms with Gasteiger partial charge < -0.3 is 10.1 Å². The zero-order valence-electron chi connectivity index (χ0n) is 15.6. The minimum Gasteiger partial charge on any atom is -0.379 e. The van der Waals surface area contributed by atoms with Crippen LogP contribution in [0.3, 0.4) is 0 Å². The molecule has 0 unspecified atom stereocenters. The van der Waals surface area contributed by atoms with Crippen LogP contribution in [0.25, 0.3) is 0 Å². The molecular weight excluding hydrogens is 445 g/mol. The van der Waals surface area contributed by atoms with Crippen LogP contribution in [0.4, 0.5) is 18.9 Å². The summed E-state index contributed by atoms with van der Waals surface area (Å²) >= 11 is 5.90. The highest BCUT2D eigenvalue weighted by molar-refractivity contribution is 7.89. The highest BCUT2D eigenvalue weighted by atomic mass is 35.5. The van der Waals surface area contributed by atoms with E-state index in [0.29, 0.717) is 13.2 Å². The first-order valence-corrected chi connectivity index (χ1v) is 10.7. The summed E-state index contributed by atoms with van der Waals surface area (Å²) in [4.78, 5) is 12.4. The number of morpholine rings is 1. The maximum atomic E-state index is 12.8. The van der Waals surface area contributed by atoms with Crippen LogP contribution in [0, 0.1) is 0 Å². The Hall–Kier alpha value is -2.14. The van der Waals surface area contributed by atoms with Gasteiger partial charge in [-0.3, -0.25) is 4.79 Å². The Bertz CT molecular complexity index is 1020. The van der Waals surface area contributed by atoms with Crippen molar-refractivity contribution in [3.63, 3.8) is 0 Å². The monoisotopic (exact) mass is 462 g/mol. The third kappa shape index (κ3) is 5.12. The molecule has 0 spiro atoms.